The fourth-order valence-electron chi connectivity index (χ4n) is 0.568. The predicted octanol–water partition coefficient (Wildman–Crippen LogP) is -0.433. The third kappa shape index (κ3) is 1.08. The third-order valence-electron chi connectivity index (χ3n) is 0.958. The average molecular weight is 161 g/mol. The van der Waals surface area contributed by atoms with Crippen LogP contribution in [-0.2, 0) is 7.05 Å². The van der Waals surface area contributed by atoms with Crippen molar-refractivity contribution >= 4 is 17.5 Å². The first-order valence-electron chi connectivity index (χ1n) is 2.47. The largest absolute Gasteiger partial charge is 0.363 e. The van der Waals surface area contributed by atoms with Crippen LogP contribution in [0, 0.1) is 0 Å². The minimum atomic E-state index is -0.637. The number of hydrogen-bond acceptors (Lipinski definition) is 3. The Morgan fingerprint density at radius 1 is 1.80 bits per heavy atom. The number of halogens is 1. The first-order chi connectivity index (χ1) is 4.61. The van der Waals surface area contributed by atoms with Crippen molar-refractivity contribution in [2.75, 3.05) is 0 Å². The molecule has 1 rings (SSSR count). The summed E-state index contributed by atoms with van der Waals surface area (Å²) < 4.78 is 1.23. The number of nitrogens with zero attached hydrogens (tertiary/aromatic N) is 3. The molecule has 54 valence electrons. The van der Waals surface area contributed by atoms with Gasteiger partial charge in [0.05, 0.1) is 0 Å². The van der Waals surface area contributed by atoms with Crippen LogP contribution in [0.3, 0.4) is 0 Å². The van der Waals surface area contributed by atoms with E-state index in [4.69, 9.17) is 17.3 Å². The van der Waals surface area contributed by atoms with Crippen LogP contribution in [0.5, 0.6) is 0 Å². The van der Waals surface area contributed by atoms with Gasteiger partial charge in [0.2, 0.25) is 11.1 Å². The van der Waals surface area contributed by atoms with E-state index in [0.717, 1.165) is 0 Å². The molecule has 0 spiro atoms. The minimum Gasteiger partial charge on any atom is -0.363 e. The van der Waals surface area contributed by atoms with E-state index < -0.39 is 5.91 Å². The number of aryl methyl sites for hydroxylation is 1. The first kappa shape index (κ1) is 7.01. The first-order valence-corrected chi connectivity index (χ1v) is 2.85. The second kappa shape index (κ2) is 2.26. The predicted molar refractivity (Wildman–Crippen MR) is 34.5 cm³/mol. The normalized spacial score (nSPS) is 9.80. The molecule has 2 N–H and O–H groups in total. The molecule has 1 amide bonds. The third-order valence-corrected chi connectivity index (χ3v) is 1.12. The highest BCUT2D eigenvalue weighted by Gasteiger charge is 2.09. The van der Waals surface area contributed by atoms with Gasteiger partial charge < -0.3 is 5.73 Å². The fraction of sp³-hybridized carbons (Fsp3) is 0.250. The highest BCUT2D eigenvalue weighted by atomic mass is 35.5. The molecular weight excluding hydrogens is 156 g/mol. The van der Waals surface area contributed by atoms with Crippen molar-refractivity contribution in [3.05, 3.63) is 11.1 Å². The molecule has 0 aliphatic carbocycles. The lowest BCUT2D eigenvalue weighted by molar-refractivity contribution is 0.0986. The van der Waals surface area contributed by atoms with Crippen molar-refractivity contribution in [3.8, 4) is 0 Å². The molecular formula is C4H5ClN4O. The maximum atomic E-state index is 10.5. The van der Waals surface area contributed by atoms with Gasteiger partial charge in [-0.2, -0.15) is 4.98 Å². The van der Waals surface area contributed by atoms with Gasteiger partial charge in [0.25, 0.3) is 5.91 Å². The van der Waals surface area contributed by atoms with Crippen molar-refractivity contribution in [2.45, 2.75) is 0 Å². The summed E-state index contributed by atoms with van der Waals surface area (Å²) in [4.78, 5) is 14.0. The Balaban J connectivity index is 3.15. The summed E-state index contributed by atoms with van der Waals surface area (Å²) in [6.45, 7) is 0. The van der Waals surface area contributed by atoms with Gasteiger partial charge in [0.15, 0.2) is 0 Å². The maximum Gasteiger partial charge on any atom is 0.286 e. The quantitative estimate of drug-likeness (QED) is 0.606. The van der Waals surface area contributed by atoms with Crippen molar-refractivity contribution in [1.82, 2.24) is 14.8 Å². The molecule has 0 saturated heterocycles. The molecule has 0 aliphatic heterocycles. The summed E-state index contributed by atoms with van der Waals surface area (Å²) in [5.74, 6) is -0.577. The number of carbonyl (C=O) groups excluding carboxylic acids is 1. The van der Waals surface area contributed by atoms with Gasteiger partial charge in [-0.05, 0) is 11.6 Å². The number of aromatic nitrogens is 3. The molecule has 0 aliphatic rings. The van der Waals surface area contributed by atoms with E-state index in [1.165, 1.54) is 4.68 Å². The molecule has 0 unspecified atom stereocenters. The Labute approximate surface area is 61.8 Å². The van der Waals surface area contributed by atoms with Gasteiger partial charge in [-0.1, -0.05) is 0 Å². The Morgan fingerprint density at radius 3 is 2.60 bits per heavy atom. The highest BCUT2D eigenvalue weighted by molar-refractivity contribution is 6.28. The molecule has 1 aromatic rings. The lowest BCUT2D eigenvalue weighted by Crippen LogP contribution is -2.16. The fourth-order valence-corrected chi connectivity index (χ4v) is 0.761. The number of hydrogen-bond donors (Lipinski definition) is 1. The van der Waals surface area contributed by atoms with Gasteiger partial charge in [-0.3, -0.25) is 4.79 Å². The van der Waals surface area contributed by atoms with Crippen LogP contribution < -0.4 is 5.73 Å². The van der Waals surface area contributed by atoms with Crippen LogP contribution in [0.2, 0.25) is 5.28 Å². The summed E-state index contributed by atoms with van der Waals surface area (Å²) >= 11 is 5.36. The minimum absolute atomic E-state index is 0.0244. The van der Waals surface area contributed by atoms with Crippen molar-refractivity contribution in [1.29, 1.82) is 0 Å². The number of rotatable bonds is 1. The second-order valence-corrected chi connectivity index (χ2v) is 2.03. The molecule has 6 heteroatoms. The number of carbonyl (C=O) groups is 1. The molecule has 0 fully saturated rings. The molecule has 0 radical (unpaired) electrons. The van der Waals surface area contributed by atoms with Gasteiger partial charge in [0, 0.05) is 7.05 Å². The van der Waals surface area contributed by atoms with Crippen LogP contribution in [0.25, 0.3) is 0 Å². The molecule has 1 aromatic heterocycles. The van der Waals surface area contributed by atoms with E-state index in [1.807, 2.05) is 0 Å². The summed E-state index contributed by atoms with van der Waals surface area (Å²) in [6, 6.07) is 0. The molecule has 0 atom stereocenters. The van der Waals surface area contributed by atoms with Crippen LogP contribution in [-0.4, -0.2) is 20.7 Å². The maximum absolute atomic E-state index is 10.5. The van der Waals surface area contributed by atoms with E-state index in [0.29, 0.717) is 0 Å². The monoisotopic (exact) mass is 160 g/mol. The summed E-state index contributed by atoms with van der Waals surface area (Å²) in [7, 11) is 1.54. The Bertz CT molecular complexity index is 268. The van der Waals surface area contributed by atoms with E-state index in [1.54, 1.807) is 7.05 Å². The summed E-state index contributed by atoms with van der Waals surface area (Å²) in [5, 5.41) is 3.63. The zero-order chi connectivity index (χ0) is 7.72. The van der Waals surface area contributed by atoms with Crippen LogP contribution in [0.1, 0.15) is 10.6 Å². The molecule has 10 heavy (non-hydrogen) atoms. The average Bonchev–Trinajstić information content (AvgIpc) is 2.10. The highest BCUT2D eigenvalue weighted by Crippen LogP contribution is 2.00. The molecule has 0 aromatic carbocycles. The smallest absolute Gasteiger partial charge is 0.286 e. The lowest BCUT2D eigenvalue weighted by Gasteiger charge is -1.89. The molecule has 1 heterocycles. The molecule has 5 nitrogen and oxygen atoms in total. The lowest BCUT2D eigenvalue weighted by atomic mass is 10.6. The van der Waals surface area contributed by atoms with Crippen LogP contribution >= 0.6 is 11.6 Å². The van der Waals surface area contributed by atoms with Gasteiger partial charge in [-0.25, -0.2) is 4.68 Å². The number of primary amides is 1. The molecule has 0 saturated carbocycles. The zero-order valence-corrected chi connectivity index (χ0v) is 5.96. The van der Waals surface area contributed by atoms with E-state index in [-0.39, 0.29) is 11.1 Å². The SMILES string of the molecule is Cn1nc(Cl)nc1C(N)=O. The number of nitrogens with two attached hydrogens (primary N) is 1. The summed E-state index contributed by atoms with van der Waals surface area (Å²) in [5.41, 5.74) is 4.91. The van der Waals surface area contributed by atoms with Crippen molar-refractivity contribution < 1.29 is 4.79 Å². The van der Waals surface area contributed by atoms with Gasteiger partial charge in [-0.15, -0.1) is 5.10 Å². The topological polar surface area (TPSA) is 73.8 Å². The summed E-state index contributed by atoms with van der Waals surface area (Å²) in [6.07, 6.45) is 0. The van der Waals surface area contributed by atoms with Crippen LogP contribution in [0.15, 0.2) is 0 Å². The van der Waals surface area contributed by atoms with E-state index in [9.17, 15) is 4.79 Å². The zero-order valence-electron chi connectivity index (χ0n) is 5.21. The van der Waals surface area contributed by atoms with Crippen LogP contribution in [0.4, 0.5) is 0 Å². The Morgan fingerprint density at radius 2 is 2.40 bits per heavy atom. The van der Waals surface area contributed by atoms with Gasteiger partial charge >= 0.3 is 0 Å². The Hall–Kier alpha value is -1.10. The standard InChI is InChI=1S/C4H5ClN4O/c1-9-3(2(6)10)7-4(5)8-9/h1H3,(H2,6,10). The van der Waals surface area contributed by atoms with E-state index in [2.05, 4.69) is 10.1 Å². The molecule has 0 bridgehead atoms. The van der Waals surface area contributed by atoms with E-state index >= 15 is 0 Å². The Kier molecular flexibility index (Phi) is 1.58. The number of amides is 1. The van der Waals surface area contributed by atoms with Gasteiger partial charge in [0.1, 0.15) is 0 Å². The van der Waals surface area contributed by atoms with Crippen molar-refractivity contribution in [3.63, 3.8) is 0 Å². The van der Waals surface area contributed by atoms with Crippen molar-refractivity contribution in [2.24, 2.45) is 12.8 Å². The second-order valence-electron chi connectivity index (χ2n) is 1.69.